The van der Waals surface area contributed by atoms with Gasteiger partial charge in [-0.25, -0.2) is 0 Å². The van der Waals surface area contributed by atoms with Gasteiger partial charge in [-0.2, -0.15) is 13.2 Å². The van der Waals surface area contributed by atoms with Crippen LogP contribution >= 0.6 is 0 Å². The normalized spacial score (nSPS) is 22.7. The molecule has 0 aromatic heterocycles. The van der Waals surface area contributed by atoms with Gasteiger partial charge in [-0.3, -0.25) is 9.59 Å². The highest BCUT2D eigenvalue weighted by Crippen LogP contribution is 2.47. The Bertz CT molecular complexity index is 448. The third-order valence-electron chi connectivity index (χ3n) is 4.43. The van der Waals surface area contributed by atoms with Crippen LogP contribution in [0.3, 0.4) is 0 Å². The predicted molar refractivity (Wildman–Crippen MR) is 70.2 cm³/mol. The fourth-order valence-electron chi connectivity index (χ4n) is 2.84. The topological polar surface area (TPSA) is 40.6 Å². The van der Waals surface area contributed by atoms with Gasteiger partial charge in [0.25, 0.3) is 0 Å². The van der Waals surface area contributed by atoms with Gasteiger partial charge in [-0.05, 0) is 24.8 Å². The SMILES string of the molecule is C=CC(=O)N1CC(C(=O)N2CCC(C)CC2)(C(F)(F)F)C1. The summed E-state index contributed by atoms with van der Waals surface area (Å²) in [4.78, 5) is 26.0. The fraction of sp³-hybridized carbons (Fsp3) is 0.714. The summed E-state index contributed by atoms with van der Waals surface area (Å²) < 4.78 is 40.1. The number of rotatable bonds is 2. The Morgan fingerprint density at radius 1 is 1.19 bits per heavy atom. The lowest BCUT2D eigenvalue weighted by Gasteiger charge is -2.51. The van der Waals surface area contributed by atoms with E-state index in [4.69, 9.17) is 0 Å². The lowest BCUT2D eigenvalue weighted by molar-refractivity contribution is -0.259. The maximum absolute atomic E-state index is 13.4. The summed E-state index contributed by atoms with van der Waals surface area (Å²) in [6.45, 7) is 4.77. The summed E-state index contributed by atoms with van der Waals surface area (Å²) in [7, 11) is 0. The number of nitrogens with zero attached hydrogens (tertiary/aromatic N) is 2. The molecule has 7 heteroatoms. The van der Waals surface area contributed by atoms with Crippen molar-refractivity contribution in [3.05, 3.63) is 12.7 Å². The summed E-state index contributed by atoms with van der Waals surface area (Å²) in [5, 5.41) is 0. The molecule has 0 spiro atoms. The quantitative estimate of drug-likeness (QED) is 0.730. The molecule has 0 aromatic carbocycles. The van der Waals surface area contributed by atoms with Gasteiger partial charge < -0.3 is 9.80 Å². The largest absolute Gasteiger partial charge is 0.406 e. The van der Waals surface area contributed by atoms with Crippen molar-refractivity contribution < 1.29 is 22.8 Å². The molecule has 4 nitrogen and oxygen atoms in total. The molecular formula is C14H19F3N2O2. The summed E-state index contributed by atoms with van der Waals surface area (Å²) in [5.41, 5.74) is -2.44. The smallest absolute Gasteiger partial charge is 0.342 e. The Kier molecular flexibility index (Phi) is 4.04. The number of carbonyl (C=O) groups is 2. The minimum Gasteiger partial charge on any atom is -0.342 e. The van der Waals surface area contributed by atoms with Crippen LogP contribution in [-0.4, -0.2) is 54.0 Å². The zero-order valence-corrected chi connectivity index (χ0v) is 11.9. The van der Waals surface area contributed by atoms with E-state index < -0.39 is 36.5 Å². The van der Waals surface area contributed by atoms with Crippen molar-refractivity contribution in [3.63, 3.8) is 0 Å². The Hall–Kier alpha value is -1.53. The molecule has 2 saturated heterocycles. The minimum atomic E-state index is -4.65. The van der Waals surface area contributed by atoms with Crippen molar-refractivity contribution in [1.29, 1.82) is 0 Å². The maximum Gasteiger partial charge on any atom is 0.406 e. The average Bonchev–Trinajstić information content (AvgIpc) is 2.36. The molecule has 0 aromatic rings. The monoisotopic (exact) mass is 304 g/mol. The van der Waals surface area contributed by atoms with E-state index in [1.165, 1.54) is 4.90 Å². The van der Waals surface area contributed by atoms with Crippen molar-refractivity contribution in [3.8, 4) is 0 Å². The highest BCUT2D eigenvalue weighted by atomic mass is 19.4. The fourth-order valence-corrected chi connectivity index (χ4v) is 2.84. The Morgan fingerprint density at radius 3 is 2.14 bits per heavy atom. The number of alkyl halides is 3. The molecule has 2 aliphatic rings. The van der Waals surface area contributed by atoms with Crippen LogP contribution in [-0.2, 0) is 9.59 Å². The first-order chi connectivity index (χ1) is 9.71. The molecule has 2 heterocycles. The zero-order valence-electron chi connectivity index (χ0n) is 11.9. The van der Waals surface area contributed by atoms with Crippen LogP contribution < -0.4 is 0 Å². The second-order valence-electron chi connectivity index (χ2n) is 5.95. The Morgan fingerprint density at radius 2 is 1.71 bits per heavy atom. The Labute approximate surface area is 121 Å². The van der Waals surface area contributed by atoms with Crippen LogP contribution in [0.15, 0.2) is 12.7 Å². The minimum absolute atomic E-state index is 0.354. The lowest BCUT2D eigenvalue weighted by atomic mass is 9.76. The van der Waals surface area contributed by atoms with Gasteiger partial charge >= 0.3 is 6.18 Å². The molecule has 0 bridgehead atoms. The number of carbonyl (C=O) groups excluding carboxylic acids is 2. The zero-order chi connectivity index (χ0) is 15.8. The van der Waals surface area contributed by atoms with Crippen molar-refractivity contribution in [2.24, 2.45) is 11.3 Å². The van der Waals surface area contributed by atoms with Crippen molar-refractivity contribution >= 4 is 11.8 Å². The molecular weight excluding hydrogens is 285 g/mol. The molecule has 0 atom stereocenters. The van der Waals surface area contributed by atoms with E-state index in [9.17, 15) is 22.8 Å². The average molecular weight is 304 g/mol. The molecule has 0 saturated carbocycles. The van der Waals surface area contributed by atoms with Gasteiger partial charge in [-0.1, -0.05) is 13.5 Å². The molecule has 2 aliphatic heterocycles. The van der Waals surface area contributed by atoms with Crippen LogP contribution in [0.4, 0.5) is 13.2 Å². The van der Waals surface area contributed by atoms with E-state index in [1.54, 1.807) is 0 Å². The molecule has 21 heavy (non-hydrogen) atoms. The maximum atomic E-state index is 13.4. The van der Waals surface area contributed by atoms with Crippen LogP contribution in [0.1, 0.15) is 19.8 Å². The molecule has 0 radical (unpaired) electrons. The highest BCUT2D eigenvalue weighted by Gasteiger charge is 2.68. The van der Waals surface area contributed by atoms with E-state index in [0.29, 0.717) is 19.0 Å². The molecule has 118 valence electrons. The first kappa shape index (κ1) is 15.9. The lowest BCUT2D eigenvalue weighted by Crippen LogP contribution is -2.71. The number of hydrogen-bond acceptors (Lipinski definition) is 2. The van der Waals surface area contributed by atoms with E-state index in [0.717, 1.165) is 23.8 Å². The standard InChI is InChI=1S/C14H19F3N2O2/c1-3-11(20)19-8-13(9-19,14(15,16)17)12(21)18-6-4-10(2)5-7-18/h3,10H,1,4-9H2,2H3. The number of likely N-dealkylation sites (tertiary alicyclic amines) is 2. The first-order valence-corrected chi connectivity index (χ1v) is 6.99. The summed E-state index contributed by atoms with van der Waals surface area (Å²) in [5.74, 6) is -1.04. The molecule has 0 aliphatic carbocycles. The number of halogens is 3. The van der Waals surface area contributed by atoms with Gasteiger partial charge in [0, 0.05) is 26.2 Å². The van der Waals surface area contributed by atoms with Gasteiger partial charge in [0.05, 0.1) is 0 Å². The number of piperidine rings is 1. The van der Waals surface area contributed by atoms with Gasteiger partial charge in [-0.15, -0.1) is 0 Å². The van der Waals surface area contributed by atoms with E-state index in [-0.39, 0.29) is 0 Å². The second kappa shape index (κ2) is 5.35. The predicted octanol–water partition coefficient (Wildman–Crippen LogP) is 1.82. The highest BCUT2D eigenvalue weighted by molar-refractivity contribution is 5.92. The number of amides is 2. The van der Waals surface area contributed by atoms with Crippen LogP contribution in [0.25, 0.3) is 0 Å². The van der Waals surface area contributed by atoms with E-state index >= 15 is 0 Å². The molecule has 0 N–H and O–H groups in total. The summed E-state index contributed by atoms with van der Waals surface area (Å²) >= 11 is 0. The summed E-state index contributed by atoms with van der Waals surface area (Å²) in [6.07, 6.45) is -2.25. The van der Waals surface area contributed by atoms with E-state index in [2.05, 4.69) is 6.58 Å². The van der Waals surface area contributed by atoms with Crippen LogP contribution in [0.2, 0.25) is 0 Å². The van der Waals surface area contributed by atoms with E-state index in [1.807, 2.05) is 6.92 Å². The second-order valence-corrected chi connectivity index (χ2v) is 5.95. The third kappa shape index (κ3) is 2.65. The Balaban J connectivity index is 2.13. The van der Waals surface area contributed by atoms with Gasteiger partial charge in [0.2, 0.25) is 11.8 Å². The number of hydrogen-bond donors (Lipinski definition) is 0. The molecule has 2 fully saturated rings. The summed E-state index contributed by atoms with van der Waals surface area (Å²) in [6, 6.07) is 0. The first-order valence-electron chi connectivity index (χ1n) is 6.99. The van der Waals surface area contributed by atoms with Gasteiger partial charge in [0.15, 0.2) is 5.41 Å². The molecule has 2 rings (SSSR count). The van der Waals surface area contributed by atoms with Crippen molar-refractivity contribution in [2.45, 2.75) is 25.9 Å². The van der Waals surface area contributed by atoms with Crippen LogP contribution in [0, 0.1) is 11.3 Å². The van der Waals surface area contributed by atoms with Crippen molar-refractivity contribution in [1.82, 2.24) is 9.80 Å². The van der Waals surface area contributed by atoms with Crippen LogP contribution in [0.5, 0.6) is 0 Å². The molecule has 0 unspecified atom stereocenters. The molecule has 2 amide bonds. The third-order valence-corrected chi connectivity index (χ3v) is 4.43. The van der Waals surface area contributed by atoms with Gasteiger partial charge in [0.1, 0.15) is 0 Å². The van der Waals surface area contributed by atoms with Crippen molar-refractivity contribution in [2.75, 3.05) is 26.2 Å².